The van der Waals surface area contributed by atoms with Crippen molar-refractivity contribution in [2.24, 2.45) is 0 Å². The Bertz CT molecular complexity index is 2170. The number of nitrogens with zero attached hydrogens (tertiary/aromatic N) is 3. The van der Waals surface area contributed by atoms with Gasteiger partial charge in [0.15, 0.2) is 0 Å². The molecule has 4 heteroatoms. The second-order valence-electron chi connectivity index (χ2n) is 10.5. The minimum Gasteiger partial charge on any atom is -0.0616 e. The van der Waals surface area contributed by atoms with Crippen molar-refractivity contribution < 1.29 is 0 Å². The third-order valence-corrected chi connectivity index (χ3v) is 10.1. The Morgan fingerprint density at radius 3 is 1.74 bits per heavy atom. The molecule has 0 fully saturated rings. The van der Waals surface area contributed by atoms with Crippen molar-refractivity contribution in [3.8, 4) is 55.2 Å². The molecule has 0 bridgehead atoms. The fraction of sp³-hybridized carbons (Fsp3) is 0. The summed E-state index contributed by atoms with van der Waals surface area (Å²) in [5, 5.41) is 2.54. The van der Waals surface area contributed by atoms with Crippen LogP contribution >= 0.6 is 0 Å². The van der Waals surface area contributed by atoms with Crippen LogP contribution in [0, 0.1) is 0 Å². The van der Waals surface area contributed by atoms with Gasteiger partial charge in [0.05, 0.1) is 0 Å². The molecule has 3 nitrogen and oxygen atoms in total. The predicted molar refractivity (Wildman–Crippen MR) is 179 cm³/mol. The van der Waals surface area contributed by atoms with Gasteiger partial charge in [0.2, 0.25) is 0 Å². The first-order chi connectivity index (χ1) is 21.3. The Kier molecular flexibility index (Phi) is 6.49. The van der Waals surface area contributed by atoms with E-state index in [4.69, 9.17) is 15.0 Å². The number of hydrogen-bond acceptors (Lipinski definition) is 3. The number of aromatic nitrogens is 3. The van der Waals surface area contributed by atoms with Gasteiger partial charge in [-0.2, -0.15) is 0 Å². The van der Waals surface area contributed by atoms with Crippen LogP contribution in [0.5, 0.6) is 0 Å². The van der Waals surface area contributed by atoms with Crippen LogP contribution in [0.25, 0.3) is 75.7 Å². The average Bonchev–Trinajstić information content (AvgIpc) is 3.54. The summed E-state index contributed by atoms with van der Waals surface area (Å²) in [5.74, 6) is 0.722. The third kappa shape index (κ3) is 4.87. The maximum atomic E-state index is 5.06. The molecular weight excluding hydrogens is 589 g/mol. The normalized spacial score (nSPS) is 11.3. The molecule has 8 aromatic rings. The van der Waals surface area contributed by atoms with Crippen LogP contribution in [0.2, 0.25) is 0 Å². The summed E-state index contributed by atoms with van der Waals surface area (Å²) >= 11 is 0.152. The van der Waals surface area contributed by atoms with Crippen LogP contribution in [-0.4, -0.2) is 29.5 Å². The van der Waals surface area contributed by atoms with E-state index >= 15 is 0 Å². The average molecular weight is 615 g/mol. The van der Waals surface area contributed by atoms with E-state index < -0.39 is 0 Å². The Morgan fingerprint density at radius 2 is 1.00 bits per heavy atom. The van der Waals surface area contributed by atoms with E-state index in [-0.39, 0.29) is 14.5 Å². The van der Waals surface area contributed by atoms with Gasteiger partial charge >= 0.3 is 220 Å². The van der Waals surface area contributed by atoms with Crippen molar-refractivity contribution in [2.75, 3.05) is 0 Å². The molecule has 0 aliphatic heterocycles. The molecule has 202 valence electrons. The smallest absolute Gasteiger partial charge is 0.0616 e. The van der Waals surface area contributed by atoms with Crippen molar-refractivity contribution in [1.29, 1.82) is 0 Å². The summed E-state index contributed by atoms with van der Waals surface area (Å²) in [6.45, 7) is 0. The number of rotatable bonds is 5. The first-order valence-electron chi connectivity index (χ1n) is 14.3. The fourth-order valence-electron chi connectivity index (χ4n) is 5.61. The minimum atomic E-state index is 0.152. The second kappa shape index (κ2) is 10.9. The zero-order valence-corrected chi connectivity index (χ0v) is 24.9. The van der Waals surface area contributed by atoms with Crippen molar-refractivity contribution in [3.05, 3.63) is 152 Å². The summed E-state index contributed by atoms with van der Waals surface area (Å²) in [4.78, 5) is 15.0. The molecule has 0 saturated carbocycles. The van der Waals surface area contributed by atoms with Crippen molar-refractivity contribution in [1.82, 2.24) is 15.0 Å². The van der Waals surface area contributed by atoms with Crippen LogP contribution in [-0.2, 0) is 0 Å². The summed E-state index contributed by atoms with van der Waals surface area (Å²) in [6.07, 6.45) is 0. The zero-order chi connectivity index (χ0) is 28.6. The van der Waals surface area contributed by atoms with E-state index in [0.717, 1.165) is 39.4 Å². The van der Waals surface area contributed by atoms with Gasteiger partial charge in [-0.25, -0.2) is 0 Å². The predicted octanol–water partition coefficient (Wildman–Crippen LogP) is 9.57. The molecule has 0 atom stereocenters. The van der Waals surface area contributed by atoms with E-state index in [1.54, 1.807) is 0 Å². The molecule has 0 radical (unpaired) electrons. The van der Waals surface area contributed by atoms with Gasteiger partial charge in [-0.3, -0.25) is 0 Å². The van der Waals surface area contributed by atoms with Gasteiger partial charge in [-0.15, -0.1) is 0 Å². The molecular formula is C39H25N3Se. The first kappa shape index (κ1) is 25.6. The van der Waals surface area contributed by atoms with E-state index in [1.165, 1.54) is 36.3 Å². The Labute approximate surface area is 255 Å². The molecule has 2 aromatic heterocycles. The van der Waals surface area contributed by atoms with Gasteiger partial charge in [-0.1, -0.05) is 36.4 Å². The van der Waals surface area contributed by atoms with Crippen LogP contribution in [0.1, 0.15) is 0 Å². The molecule has 43 heavy (non-hydrogen) atoms. The summed E-state index contributed by atoms with van der Waals surface area (Å²) < 4.78 is 2.55. The number of fused-ring (bicyclic) bond motifs is 3. The summed E-state index contributed by atoms with van der Waals surface area (Å²) in [6, 6.07) is 52.9. The quantitative estimate of drug-likeness (QED) is 0.181. The second-order valence-corrected chi connectivity index (χ2v) is 12.6. The zero-order valence-electron chi connectivity index (χ0n) is 23.2. The number of hydrogen-bond donors (Lipinski definition) is 0. The standard InChI is InChI=1S/C39H25N3Se/c1-4-12-26(13-5-1)35-25-36(41-38(40-35)27-14-6-2-7-15-27)30-19-10-18-29(24-30)31-20-11-21-33-32(31)22-23-34-37(33)43-39(42-34)28-16-8-3-9-17-28/h1-25H. The van der Waals surface area contributed by atoms with Gasteiger partial charge in [0.1, 0.15) is 0 Å². The Morgan fingerprint density at radius 1 is 0.395 bits per heavy atom. The van der Waals surface area contributed by atoms with Crippen LogP contribution in [0.4, 0.5) is 0 Å². The van der Waals surface area contributed by atoms with E-state index in [2.05, 4.69) is 115 Å². The van der Waals surface area contributed by atoms with Gasteiger partial charge in [-0.05, 0) is 0 Å². The first-order valence-corrected chi connectivity index (χ1v) is 16.0. The summed E-state index contributed by atoms with van der Waals surface area (Å²) in [7, 11) is 0. The van der Waals surface area contributed by atoms with Crippen LogP contribution < -0.4 is 0 Å². The Hall–Kier alpha value is -5.15. The molecule has 8 rings (SSSR count). The summed E-state index contributed by atoms with van der Waals surface area (Å²) in [5.41, 5.74) is 9.63. The number of benzene rings is 6. The van der Waals surface area contributed by atoms with Crippen molar-refractivity contribution >= 4 is 35.1 Å². The van der Waals surface area contributed by atoms with Crippen LogP contribution in [0.15, 0.2) is 152 Å². The molecule has 0 N–H and O–H groups in total. The monoisotopic (exact) mass is 615 g/mol. The van der Waals surface area contributed by atoms with E-state index in [1.807, 2.05) is 36.4 Å². The fourth-order valence-corrected chi connectivity index (χ4v) is 7.92. The molecule has 2 heterocycles. The molecule has 0 unspecified atom stereocenters. The van der Waals surface area contributed by atoms with Gasteiger partial charge in [0.25, 0.3) is 0 Å². The topological polar surface area (TPSA) is 38.7 Å². The van der Waals surface area contributed by atoms with E-state index in [0.29, 0.717) is 0 Å². The molecule has 0 aliphatic rings. The minimum absolute atomic E-state index is 0.152. The molecule has 0 amide bonds. The van der Waals surface area contributed by atoms with Gasteiger partial charge in [0, 0.05) is 0 Å². The molecule has 0 aliphatic carbocycles. The SMILES string of the molecule is c1ccc(-c2cc(-c3cccc(-c4cccc5c4ccc4nc(-c6ccccc6)[se]c45)c3)nc(-c3ccccc3)n2)cc1. The van der Waals surface area contributed by atoms with Crippen molar-refractivity contribution in [3.63, 3.8) is 0 Å². The van der Waals surface area contributed by atoms with Crippen molar-refractivity contribution in [2.45, 2.75) is 0 Å². The maximum absolute atomic E-state index is 5.06. The molecule has 6 aromatic carbocycles. The Balaban J connectivity index is 1.26. The third-order valence-electron chi connectivity index (χ3n) is 7.73. The van der Waals surface area contributed by atoms with Gasteiger partial charge < -0.3 is 0 Å². The van der Waals surface area contributed by atoms with Crippen LogP contribution in [0.3, 0.4) is 0 Å². The van der Waals surface area contributed by atoms with E-state index in [9.17, 15) is 0 Å². The molecule has 0 saturated heterocycles. The molecule has 0 spiro atoms.